The summed E-state index contributed by atoms with van der Waals surface area (Å²) in [5, 5.41) is 0.154. The van der Waals surface area contributed by atoms with Crippen molar-refractivity contribution in [2.24, 2.45) is 23.2 Å². The second kappa shape index (κ2) is 16.4. The topological polar surface area (TPSA) is 52.6 Å². The number of esters is 1. The van der Waals surface area contributed by atoms with Crippen LogP contribution in [0.4, 0.5) is 0 Å². The number of rotatable bonds is 8. The third-order valence-electron chi connectivity index (χ3n) is 11.6. The Morgan fingerprint density at radius 1 is 0.979 bits per heavy atom. The Kier molecular flexibility index (Phi) is 13.1. The van der Waals surface area contributed by atoms with Gasteiger partial charge in [0.05, 0.1) is 6.10 Å². The standard InChI is InChI=1S/C29H49O4PSi.C12H10/c1-20(19-34-31)26-13-14-27-23(10-9-15-29(26,27)6)12-11-22-16-24(32-21(2)30)18-25(17-22)33-35(7,8)28(3,4)5;1-3-7-11(8-4-1)12-9-5-2-6-10-12/h11-12,20,24-27H,9-10,13-19H2,1-8H3;1-10H/b22-11-,23-12+;/t20-,24-,25-,26?,27?,29-;/m1./s1. The predicted molar refractivity (Wildman–Crippen MR) is 199 cm³/mol. The first-order chi connectivity index (χ1) is 22.2. The van der Waals surface area contributed by atoms with Crippen LogP contribution in [0.25, 0.3) is 11.1 Å². The SMILES string of the molecule is CC(=O)O[C@@H]1C/C(=C/C=C2\CCC[C@@]3(C)C2CCC3[C@H](C)CP=O)C[C@@H](O[Si](C)(C)C(C)(C)C)C1.c1ccc(-c2ccccc2)cc1. The highest BCUT2D eigenvalue weighted by atomic mass is 31.1. The van der Waals surface area contributed by atoms with Gasteiger partial charge < -0.3 is 9.16 Å². The van der Waals surface area contributed by atoms with Crippen molar-refractivity contribution in [3.63, 3.8) is 0 Å². The van der Waals surface area contributed by atoms with Crippen LogP contribution >= 0.6 is 8.46 Å². The highest BCUT2D eigenvalue weighted by molar-refractivity contribution is 7.23. The predicted octanol–water partition coefficient (Wildman–Crippen LogP) is 11.8. The monoisotopic (exact) mass is 674 g/mol. The third kappa shape index (κ3) is 9.86. The van der Waals surface area contributed by atoms with E-state index in [1.54, 1.807) is 5.57 Å². The van der Waals surface area contributed by atoms with E-state index in [1.165, 1.54) is 55.7 Å². The van der Waals surface area contributed by atoms with Crippen molar-refractivity contribution in [2.75, 3.05) is 6.16 Å². The maximum Gasteiger partial charge on any atom is 0.302 e. The van der Waals surface area contributed by atoms with Crippen LogP contribution < -0.4 is 0 Å². The van der Waals surface area contributed by atoms with E-state index in [0.717, 1.165) is 25.4 Å². The molecule has 3 fully saturated rings. The number of carbonyl (C=O) groups is 1. The van der Waals surface area contributed by atoms with Gasteiger partial charge in [-0.05, 0) is 91.0 Å². The van der Waals surface area contributed by atoms with Gasteiger partial charge in [-0.25, -0.2) is 0 Å². The number of fused-ring (bicyclic) bond motifs is 1. The van der Waals surface area contributed by atoms with Gasteiger partial charge in [0.2, 0.25) is 0 Å². The molecule has 256 valence electrons. The maximum atomic E-state index is 11.8. The normalized spacial score (nSPS) is 28.8. The van der Waals surface area contributed by atoms with Crippen LogP contribution in [0.3, 0.4) is 0 Å². The zero-order chi connectivity index (χ0) is 34.2. The molecule has 0 aliphatic heterocycles. The Hall–Kier alpha value is -2.33. The molecule has 2 unspecified atom stereocenters. The molecule has 5 rings (SSSR count). The fourth-order valence-corrected chi connectivity index (χ4v) is 10.1. The summed E-state index contributed by atoms with van der Waals surface area (Å²) >= 11 is 0. The Labute approximate surface area is 288 Å². The summed E-state index contributed by atoms with van der Waals surface area (Å²) in [4.78, 5) is 11.8. The van der Waals surface area contributed by atoms with E-state index in [-0.39, 0.29) is 31.7 Å². The summed E-state index contributed by atoms with van der Waals surface area (Å²) in [6.45, 7) is 17.7. The molecule has 0 heterocycles. The number of hydrogen-bond acceptors (Lipinski definition) is 4. The average molecular weight is 675 g/mol. The molecule has 4 nitrogen and oxygen atoms in total. The molecule has 3 aliphatic rings. The maximum absolute atomic E-state index is 11.8. The second-order valence-corrected chi connectivity index (χ2v) is 21.4. The van der Waals surface area contributed by atoms with Gasteiger partial charge in [-0.1, -0.05) is 119 Å². The Balaban J connectivity index is 0.000000345. The van der Waals surface area contributed by atoms with Crippen molar-refractivity contribution in [3.05, 3.63) is 84.0 Å². The average Bonchev–Trinajstić information content (AvgIpc) is 3.38. The lowest BCUT2D eigenvalue weighted by atomic mass is 9.61. The molecule has 6 atom stereocenters. The number of hydrogen-bond donors (Lipinski definition) is 0. The highest BCUT2D eigenvalue weighted by Crippen LogP contribution is 2.59. The number of allylic oxidation sites excluding steroid dienone is 3. The van der Waals surface area contributed by atoms with Gasteiger partial charge in [0, 0.05) is 25.9 Å². The Morgan fingerprint density at radius 2 is 1.57 bits per heavy atom. The molecule has 47 heavy (non-hydrogen) atoms. The first-order valence-electron chi connectivity index (χ1n) is 17.9. The summed E-state index contributed by atoms with van der Waals surface area (Å²) in [5.74, 6) is 1.61. The van der Waals surface area contributed by atoms with E-state index >= 15 is 0 Å². The molecule has 0 saturated heterocycles. The molecule has 2 aromatic carbocycles. The van der Waals surface area contributed by atoms with Gasteiger partial charge >= 0.3 is 5.97 Å². The van der Waals surface area contributed by atoms with Crippen LogP contribution in [0.1, 0.15) is 92.9 Å². The van der Waals surface area contributed by atoms with Crippen molar-refractivity contribution in [3.8, 4) is 11.1 Å². The smallest absolute Gasteiger partial charge is 0.302 e. The first kappa shape index (κ1) is 37.5. The zero-order valence-electron chi connectivity index (χ0n) is 30.3. The van der Waals surface area contributed by atoms with Crippen LogP contribution in [-0.2, 0) is 18.5 Å². The van der Waals surface area contributed by atoms with E-state index < -0.39 is 8.32 Å². The lowest BCUT2D eigenvalue weighted by Gasteiger charge is -2.44. The molecule has 0 aromatic heterocycles. The molecular weight excluding hydrogens is 616 g/mol. The van der Waals surface area contributed by atoms with Crippen molar-refractivity contribution in [1.82, 2.24) is 0 Å². The van der Waals surface area contributed by atoms with Crippen LogP contribution in [0.5, 0.6) is 0 Å². The van der Waals surface area contributed by atoms with E-state index in [9.17, 15) is 9.36 Å². The van der Waals surface area contributed by atoms with Gasteiger partial charge in [-0.3, -0.25) is 9.36 Å². The molecule has 3 saturated carbocycles. The van der Waals surface area contributed by atoms with E-state index in [1.807, 2.05) is 12.1 Å². The molecular formula is C41H59O4PSi. The second-order valence-electron chi connectivity index (χ2n) is 16.1. The van der Waals surface area contributed by atoms with E-state index in [2.05, 4.69) is 108 Å². The molecule has 0 N–H and O–H groups in total. The van der Waals surface area contributed by atoms with Crippen molar-refractivity contribution >= 4 is 22.7 Å². The minimum Gasteiger partial charge on any atom is -0.462 e. The molecule has 2 aromatic rings. The fourth-order valence-electron chi connectivity index (χ4n) is 8.22. The summed E-state index contributed by atoms with van der Waals surface area (Å²) in [6, 6.07) is 20.8. The lowest BCUT2D eigenvalue weighted by Crippen LogP contribution is -2.46. The van der Waals surface area contributed by atoms with Gasteiger partial charge in [-0.2, -0.15) is 0 Å². The number of ether oxygens (including phenoxy) is 1. The Bertz CT molecular complexity index is 1340. The molecule has 0 radical (unpaired) electrons. The Morgan fingerprint density at radius 3 is 2.13 bits per heavy atom. The fraction of sp³-hybridized carbons (Fsp3) is 0.585. The minimum absolute atomic E-state index is 0.0970. The van der Waals surface area contributed by atoms with Gasteiger partial charge in [0.25, 0.3) is 0 Å². The first-order valence-corrected chi connectivity index (χ1v) is 21.8. The summed E-state index contributed by atoms with van der Waals surface area (Å²) in [5.41, 5.74) is 5.82. The van der Waals surface area contributed by atoms with Crippen molar-refractivity contribution in [2.45, 2.75) is 123 Å². The number of benzene rings is 2. The third-order valence-corrected chi connectivity index (χ3v) is 16.9. The summed E-state index contributed by atoms with van der Waals surface area (Å²) in [6.07, 6.45) is 14.3. The van der Waals surface area contributed by atoms with Crippen LogP contribution in [0, 0.1) is 23.2 Å². The van der Waals surface area contributed by atoms with Gasteiger partial charge in [0.15, 0.2) is 16.8 Å². The largest absolute Gasteiger partial charge is 0.462 e. The van der Waals surface area contributed by atoms with Crippen LogP contribution in [-0.4, -0.2) is 32.7 Å². The quantitative estimate of drug-likeness (QED) is 0.159. The summed E-state index contributed by atoms with van der Waals surface area (Å²) in [7, 11) is -1.62. The molecule has 0 amide bonds. The van der Waals surface area contributed by atoms with Crippen LogP contribution in [0.15, 0.2) is 84.0 Å². The van der Waals surface area contributed by atoms with E-state index in [0.29, 0.717) is 23.2 Å². The highest BCUT2D eigenvalue weighted by Gasteiger charge is 2.50. The van der Waals surface area contributed by atoms with Crippen molar-refractivity contribution in [1.29, 1.82) is 0 Å². The zero-order valence-corrected chi connectivity index (χ0v) is 32.2. The van der Waals surface area contributed by atoms with E-state index in [4.69, 9.17) is 9.16 Å². The van der Waals surface area contributed by atoms with Crippen LogP contribution in [0.2, 0.25) is 18.1 Å². The molecule has 3 aliphatic carbocycles. The lowest BCUT2D eigenvalue weighted by molar-refractivity contribution is -0.148. The van der Waals surface area contributed by atoms with Gasteiger partial charge in [-0.15, -0.1) is 0 Å². The van der Waals surface area contributed by atoms with Crippen molar-refractivity contribution < 1.29 is 18.5 Å². The van der Waals surface area contributed by atoms with Gasteiger partial charge in [0.1, 0.15) is 6.10 Å². The molecule has 0 spiro atoms. The molecule has 0 bridgehead atoms. The minimum atomic E-state index is -1.91. The molecule has 6 heteroatoms. The number of carbonyl (C=O) groups excluding carboxylic acids is 1. The summed E-state index contributed by atoms with van der Waals surface area (Å²) < 4.78 is 23.8.